The average molecular weight is 218 g/mol. The lowest BCUT2D eigenvalue weighted by Crippen LogP contribution is -1.97. The second kappa shape index (κ2) is 5.75. The number of nitrogens with zero attached hydrogens (tertiary/aromatic N) is 2. The van der Waals surface area contributed by atoms with Gasteiger partial charge in [0.1, 0.15) is 5.84 Å². The van der Waals surface area contributed by atoms with Gasteiger partial charge in [0.25, 0.3) is 0 Å². The van der Waals surface area contributed by atoms with Crippen molar-refractivity contribution < 1.29 is 4.79 Å². The van der Waals surface area contributed by atoms with Gasteiger partial charge in [-0.3, -0.25) is 10.2 Å². The molecule has 1 aromatic carbocycles. The summed E-state index contributed by atoms with van der Waals surface area (Å²) >= 11 is 0. The number of nitrogens with one attached hydrogen (secondary N) is 1. The SMILES string of the molecule is CC(=O)c1ccc(CCC(=N)N=NN)cc1. The average Bonchev–Trinajstić information content (AvgIpc) is 2.27. The van der Waals surface area contributed by atoms with Crippen molar-refractivity contribution in [3.05, 3.63) is 35.4 Å². The Morgan fingerprint density at radius 2 is 2.00 bits per heavy atom. The Morgan fingerprint density at radius 3 is 2.50 bits per heavy atom. The van der Waals surface area contributed by atoms with Crippen LogP contribution in [0.25, 0.3) is 0 Å². The molecule has 0 atom stereocenters. The number of carbonyl (C=O) groups excluding carboxylic acids is 1. The molecule has 0 spiro atoms. The molecule has 0 heterocycles. The van der Waals surface area contributed by atoms with Crippen LogP contribution in [-0.2, 0) is 6.42 Å². The highest BCUT2D eigenvalue weighted by molar-refractivity contribution is 5.94. The highest BCUT2D eigenvalue weighted by atomic mass is 16.1. The Morgan fingerprint density at radius 1 is 1.38 bits per heavy atom. The van der Waals surface area contributed by atoms with Crippen molar-refractivity contribution in [2.75, 3.05) is 0 Å². The van der Waals surface area contributed by atoms with E-state index in [0.29, 0.717) is 18.4 Å². The molecule has 0 unspecified atom stereocenters. The smallest absolute Gasteiger partial charge is 0.159 e. The Kier molecular flexibility index (Phi) is 4.32. The van der Waals surface area contributed by atoms with Crippen LogP contribution in [0.1, 0.15) is 29.3 Å². The molecule has 1 aromatic rings. The summed E-state index contributed by atoms with van der Waals surface area (Å²) in [5.74, 6) is 5.03. The van der Waals surface area contributed by atoms with E-state index in [4.69, 9.17) is 11.3 Å². The molecule has 0 radical (unpaired) electrons. The molecule has 0 saturated carbocycles. The first-order valence-electron chi connectivity index (χ1n) is 4.91. The maximum absolute atomic E-state index is 11.0. The van der Waals surface area contributed by atoms with Crippen LogP contribution in [0.2, 0.25) is 0 Å². The number of benzene rings is 1. The Hall–Kier alpha value is -2.04. The van der Waals surface area contributed by atoms with Gasteiger partial charge in [-0.05, 0) is 18.9 Å². The van der Waals surface area contributed by atoms with E-state index in [1.54, 1.807) is 12.1 Å². The topological polar surface area (TPSA) is 91.7 Å². The number of carbonyl (C=O) groups is 1. The molecule has 0 bridgehead atoms. The maximum Gasteiger partial charge on any atom is 0.159 e. The number of aryl methyl sites for hydroxylation is 1. The van der Waals surface area contributed by atoms with Crippen molar-refractivity contribution in [2.24, 2.45) is 16.2 Å². The second-order valence-electron chi connectivity index (χ2n) is 3.42. The third-order valence-corrected chi connectivity index (χ3v) is 2.19. The molecular weight excluding hydrogens is 204 g/mol. The second-order valence-corrected chi connectivity index (χ2v) is 3.42. The quantitative estimate of drug-likeness (QED) is 0.202. The van der Waals surface area contributed by atoms with Gasteiger partial charge in [0.2, 0.25) is 0 Å². The van der Waals surface area contributed by atoms with Crippen LogP contribution in [0.3, 0.4) is 0 Å². The molecule has 1 rings (SSSR count). The zero-order chi connectivity index (χ0) is 12.0. The van der Waals surface area contributed by atoms with Crippen LogP contribution in [0.5, 0.6) is 0 Å². The normalized spacial score (nSPS) is 10.6. The Labute approximate surface area is 93.9 Å². The predicted molar refractivity (Wildman–Crippen MR) is 61.5 cm³/mol. The standard InChI is InChI=1S/C11H14N4O/c1-8(16)10-5-2-9(3-6-10)4-7-11(12)14-15-13/h2-3,5-6H,4,7H2,1H3,(H3,12,13,14). The molecule has 0 aliphatic carbocycles. The van der Waals surface area contributed by atoms with Gasteiger partial charge in [0.15, 0.2) is 5.78 Å². The van der Waals surface area contributed by atoms with Gasteiger partial charge in [0.05, 0.1) is 0 Å². The number of nitrogens with two attached hydrogens (primary N) is 1. The molecule has 0 amide bonds. The summed E-state index contributed by atoms with van der Waals surface area (Å²) in [4.78, 5) is 11.0. The first-order chi connectivity index (χ1) is 7.63. The lowest BCUT2D eigenvalue weighted by atomic mass is 10.1. The molecule has 5 heteroatoms. The molecule has 84 valence electrons. The number of amidine groups is 1. The van der Waals surface area contributed by atoms with Gasteiger partial charge in [0, 0.05) is 12.0 Å². The van der Waals surface area contributed by atoms with Crippen LogP contribution in [0.4, 0.5) is 0 Å². The number of ketones is 1. The van der Waals surface area contributed by atoms with E-state index in [1.807, 2.05) is 12.1 Å². The van der Waals surface area contributed by atoms with Gasteiger partial charge in [-0.1, -0.05) is 29.5 Å². The van der Waals surface area contributed by atoms with Crippen molar-refractivity contribution in [2.45, 2.75) is 19.8 Å². The number of Topliss-reactive ketones (excluding diaryl/α,β-unsaturated/α-hetero) is 1. The fourth-order valence-corrected chi connectivity index (χ4v) is 1.29. The lowest BCUT2D eigenvalue weighted by Gasteiger charge is -2.01. The largest absolute Gasteiger partial charge is 0.305 e. The summed E-state index contributed by atoms with van der Waals surface area (Å²) in [6.07, 6.45) is 1.18. The van der Waals surface area contributed by atoms with Crippen molar-refractivity contribution in [3.8, 4) is 0 Å². The lowest BCUT2D eigenvalue weighted by molar-refractivity contribution is 0.101. The van der Waals surface area contributed by atoms with Crippen molar-refractivity contribution in [1.82, 2.24) is 0 Å². The zero-order valence-corrected chi connectivity index (χ0v) is 9.10. The van der Waals surface area contributed by atoms with Gasteiger partial charge in [-0.15, -0.1) is 5.11 Å². The third-order valence-electron chi connectivity index (χ3n) is 2.19. The molecule has 0 saturated heterocycles. The summed E-state index contributed by atoms with van der Waals surface area (Å²) in [7, 11) is 0. The molecule has 0 fully saturated rings. The molecule has 0 aromatic heterocycles. The molecule has 5 nitrogen and oxygen atoms in total. The number of hydrogen-bond acceptors (Lipinski definition) is 3. The van der Waals surface area contributed by atoms with Gasteiger partial charge >= 0.3 is 0 Å². The van der Waals surface area contributed by atoms with E-state index in [-0.39, 0.29) is 11.6 Å². The minimum absolute atomic E-state index is 0.0521. The molecule has 16 heavy (non-hydrogen) atoms. The van der Waals surface area contributed by atoms with Crippen LogP contribution >= 0.6 is 0 Å². The van der Waals surface area contributed by atoms with Crippen molar-refractivity contribution >= 4 is 11.6 Å². The summed E-state index contributed by atoms with van der Waals surface area (Å²) in [5, 5.41) is 13.8. The van der Waals surface area contributed by atoms with Crippen LogP contribution in [-0.4, -0.2) is 11.6 Å². The van der Waals surface area contributed by atoms with Crippen molar-refractivity contribution in [1.29, 1.82) is 5.41 Å². The minimum Gasteiger partial charge on any atom is -0.305 e. The maximum atomic E-state index is 11.0. The Balaban J connectivity index is 2.56. The fourth-order valence-electron chi connectivity index (χ4n) is 1.29. The minimum atomic E-state index is 0.0521. The van der Waals surface area contributed by atoms with Gasteiger partial charge in [-0.2, -0.15) is 0 Å². The summed E-state index contributed by atoms with van der Waals surface area (Å²) in [6, 6.07) is 7.32. The Bertz CT molecular complexity index is 408. The van der Waals surface area contributed by atoms with E-state index in [9.17, 15) is 4.79 Å². The van der Waals surface area contributed by atoms with Gasteiger partial charge in [-0.25, -0.2) is 0 Å². The fraction of sp³-hybridized carbons (Fsp3) is 0.273. The summed E-state index contributed by atoms with van der Waals surface area (Å²) < 4.78 is 0. The van der Waals surface area contributed by atoms with Crippen LogP contribution < -0.4 is 5.84 Å². The summed E-state index contributed by atoms with van der Waals surface area (Å²) in [5.41, 5.74) is 1.75. The third kappa shape index (κ3) is 3.61. The van der Waals surface area contributed by atoms with E-state index in [2.05, 4.69) is 10.3 Å². The van der Waals surface area contributed by atoms with Gasteiger partial charge < -0.3 is 5.84 Å². The molecule has 0 aliphatic rings. The van der Waals surface area contributed by atoms with Crippen LogP contribution in [0, 0.1) is 5.41 Å². The van der Waals surface area contributed by atoms with E-state index in [1.165, 1.54) is 6.92 Å². The molecule has 0 aliphatic heterocycles. The van der Waals surface area contributed by atoms with Crippen molar-refractivity contribution in [3.63, 3.8) is 0 Å². The monoisotopic (exact) mass is 218 g/mol. The highest BCUT2D eigenvalue weighted by Crippen LogP contribution is 2.07. The number of rotatable bonds is 4. The van der Waals surface area contributed by atoms with E-state index in [0.717, 1.165) is 5.56 Å². The van der Waals surface area contributed by atoms with E-state index >= 15 is 0 Å². The summed E-state index contributed by atoms with van der Waals surface area (Å²) in [6.45, 7) is 1.53. The van der Waals surface area contributed by atoms with Crippen LogP contribution in [0.15, 0.2) is 34.6 Å². The first-order valence-corrected chi connectivity index (χ1v) is 4.91. The first kappa shape index (κ1) is 12.0. The molecular formula is C11H14N4O. The predicted octanol–water partition coefficient (Wildman–Crippen LogP) is 2.12. The number of hydrogen-bond donors (Lipinski definition) is 2. The highest BCUT2D eigenvalue weighted by Gasteiger charge is 2.00. The molecule has 3 N–H and O–H groups in total. The zero-order valence-electron chi connectivity index (χ0n) is 9.10. The van der Waals surface area contributed by atoms with E-state index < -0.39 is 0 Å².